The van der Waals surface area contributed by atoms with Crippen LogP contribution in [-0.2, 0) is 6.54 Å². The van der Waals surface area contributed by atoms with Crippen molar-refractivity contribution in [2.24, 2.45) is 5.73 Å². The fourth-order valence-corrected chi connectivity index (χ4v) is 1.76. The highest BCUT2D eigenvalue weighted by molar-refractivity contribution is 6.30. The Morgan fingerprint density at radius 2 is 1.95 bits per heavy atom. The Hall–Kier alpha value is -2.18. The van der Waals surface area contributed by atoms with E-state index in [9.17, 15) is 14.5 Å². The van der Waals surface area contributed by atoms with Crippen molar-refractivity contribution in [3.05, 3.63) is 62.9 Å². The molecule has 2 N–H and O–H groups in total. The van der Waals surface area contributed by atoms with Crippen LogP contribution in [-0.4, -0.2) is 4.92 Å². The number of nitrogens with zero attached hydrogens (tertiary/aromatic N) is 1. The first-order chi connectivity index (χ1) is 9.51. The third-order valence-corrected chi connectivity index (χ3v) is 2.80. The van der Waals surface area contributed by atoms with Gasteiger partial charge in [0.05, 0.1) is 4.92 Å². The van der Waals surface area contributed by atoms with Gasteiger partial charge >= 0.3 is 5.69 Å². The molecule has 2 aromatic rings. The summed E-state index contributed by atoms with van der Waals surface area (Å²) >= 11 is 5.69. The standard InChI is InChI=1S/C13H10ClFN2O3/c14-9-2-4-13(11(6-9)17(18)19)20-12-3-1-8(7-16)5-10(12)15/h1-6H,7,16H2. The summed E-state index contributed by atoms with van der Waals surface area (Å²) in [7, 11) is 0. The number of nitro benzene ring substituents is 1. The zero-order valence-electron chi connectivity index (χ0n) is 10.2. The van der Waals surface area contributed by atoms with E-state index in [1.54, 1.807) is 6.07 Å². The van der Waals surface area contributed by atoms with Gasteiger partial charge in [-0.1, -0.05) is 17.7 Å². The van der Waals surface area contributed by atoms with Crippen LogP contribution < -0.4 is 10.5 Å². The van der Waals surface area contributed by atoms with E-state index in [0.717, 1.165) is 6.07 Å². The number of hydrogen-bond donors (Lipinski definition) is 1. The van der Waals surface area contributed by atoms with Crippen LogP contribution in [0.5, 0.6) is 11.5 Å². The molecule has 0 bridgehead atoms. The van der Waals surface area contributed by atoms with Crippen LogP contribution >= 0.6 is 11.6 Å². The van der Waals surface area contributed by atoms with Crippen molar-refractivity contribution in [1.29, 1.82) is 0 Å². The zero-order valence-corrected chi connectivity index (χ0v) is 10.9. The Balaban J connectivity index is 2.37. The average Bonchev–Trinajstić information content (AvgIpc) is 2.42. The second kappa shape index (κ2) is 5.85. The highest BCUT2D eigenvalue weighted by Gasteiger charge is 2.17. The predicted octanol–water partition coefficient (Wildman–Crippen LogP) is 3.64. The Bertz CT molecular complexity index is 664. The molecule has 104 valence electrons. The first kappa shape index (κ1) is 14.2. The normalized spacial score (nSPS) is 10.3. The molecule has 0 aromatic heterocycles. The van der Waals surface area contributed by atoms with Crippen molar-refractivity contribution >= 4 is 17.3 Å². The van der Waals surface area contributed by atoms with Crippen LogP contribution in [0, 0.1) is 15.9 Å². The van der Waals surface area contributed by atoms with Gasteiger partial charge in [0.2, 0.25) is 5.75 Å². The monoisotopic (exact) mass is 296 g/mol. The van der Waals surface area contributed by atoms with Crippen LogP contribution in [0.1, 0.15) is 5.56 Å². The summed E-state index contributed by atoms with van der Waals surface area (Å²) < 4.78 is 19.0. The number of hydrogen-bond acceptors (Lipinski definition) is 4. The van der Waals surface area contributed by atoms with E-state index < -0.39 is 10.7 Å². The van der Waals surface area contributed by atoms with Gasteiger partial charge in [0, 0.05) is 17.6 Å². The van der Waals surface area contributed by atoms with Crippen molar-refractivity contribution < 1.29 is 14.1 Å². The Labute approximate surface area is 118 Å². The van der Waals surface area contributed by atoms with Gasteiger partial charge in [-0.3, -0.25) is 10.1 Å². The van der Waals surface area contributed by atoms with E-state index in [1.807, 2.05) is 0 Å². The molecule has 2 aromatic carbocycles. The first-order valence-corrected chi connectivity index (χ1v) is 5.99. The summed E-state index contributed by atoms with van der Waals surface area (Å²) in [5.41, 5.74) is 5.65. The number of nitrogens with two attached hydrogens (primary N) is 1. The van der Waals surface area contributed by atoms with E-state index >= 15 is 0 Å². The van der Waals surface area contributed by atoms with Crippen molar-refractivity contribution in [3.63, 3.8) is 0 Å². The van der Waals surface area contributed by atoms with Gasteiger partial charge in [-0.05, 0) is 29.8 Å². The van der Waals surface area contributed by atoms with Crippen molar-refractivity contribution in [1.82, 2.24) is 0 Å². The summed E-state index contributed by atoms with van der Waals surface area (Å²) in [5.74, 6) is -0.844. The van der Waals surface area contributed by atoms with E-state index in [4.69, 9.17) is 22.1 Å². The quantitative estimate of drug-likeness (QED) is 0.690. The van der Waals surface area contributed by atoms with Crippen LogP contribution in [0.15, 0.2) is 36.4 Å². The van der Waals surface area contributed by atoms with E-state index in [2.05, 4.69) is 0 Å². The highest BCUT2D eigenvalue weighted by Crippen LogP contribution is 2.34. The van der Waals surface area contributed by atoms with Crippen LogP contribution in [0.4, 0.5) is 10.1 Å². The molecule has 0 saturated heterocycles. The summed E-state index contributed by atoms with van der Waals surface area (Å²) in [6.07, 6.45) is 0. The third-order valence-electron chi connectivity index (χ3n) is 2.57. The maximum absolute atomic E-state index is 13.8. The predicted molar refractivity (Wildman–Crippen MR) is 72.5 cm³/mol. The van der Waals surface area contributed by atoms with Crippen molar-refractivity contribution in [2.45, 2.75) is 6.54 Å². The molecule has 0 fully saturated rings. The molecule has 0 spiro atoms. The fourth-order valence-electron chi connectivity index (χ4n) is 1.59. The molecule has 0 aliphatic rings. The van der Waals surface area contributed by atoms with Crippen LogP contribution in [0.25, 0.3) is 0 Å². The van der Waals surface area contributed by atoms with Crippen LogP contribution in [0.3, 0.4) is 0 Å². The summed E-state index contributed by atoms with van der Waals surface area (Å²) in [6.45, 7) is 0.193. The van der Waals surface area contributed by atoms with Gasteiger partial charge in [-0.2, -0.15) is 0 Å². The van der Waals surface area contributed by atoms with Gasteiger partial charge in [0.1, 0.15) is 0 Å². The molecule has 5 nitrogen and oxygen atoms in total. The maximum atomic E-state index is 13.8. The Morgan fingerprint density at radius 1 is 1.25 bits per heavy atom. The SMILES string of the molecule is NCc1ccc(Oc2ccc(Cl)cc2[N+](=O)[O-])c(F)c1. The third kappa shape index (κ3) is 3.04. The van der Waals surface area contributed by atoms with E-state index in [0.29, 0.717) is 5.56 Å². The fraction of sp³-hybridized carbons (Fsp3) is 0.0769. The first-order valence-electron chi connectivity index (χ1n) is 5.61. The molecule has 2 rings (SSSR count). The lowest BCUT2D eigenvalue weighted by Gasteiger charge is -2.08. The molecule has 0 heterocycles. The lowest BCUT2D eigenvalue weighted by molar-refractivity contribution is -0.385. The van der Waals surface area contributed by atoms with Crippen molar-refractivity contribution in [2.75, 3.05) is 0 Å². The minimum absolute atomic E-state index is 0.0844. The second-order valence-corrected chi connectivity index (χ2v) is 4.38. The molecule has 0 radical (unpaired) electrons. The van der Waals surface area contributed by atoms with Gasteiger partial charge in [0.15, 0.2) is 11.6 Å². The minimum Gasteiger partial charge on any atom is -0.447 e. The summed E-state index contributed by atoms with van der Waals surface area (Å²) in [6, 6.07) is 8.06. The molecule has 0 aliphatic carbocycles. The number of halogens is 2. The summed E-state index contributed by atoms with van der Waals surface area (Å²) in [5, 5.41) is 11.1. The molecular formula is C13H10ClFN2O3. The Morgan fingerprint density at radius 3 is 2.55 bits per heavy atom. The number of rotatable bonds is 4. The number of nitro groups is 1. The van der Waals surface area contributed by atoms with Gasteiger partial charge in [-0.15, -0.1) is 0 Å². The molecular weight excluding hydrogens is 287 g/mol. The molecule has 0 amide bonds. The largest absolute Gasteiger partial charge is 0.447 e. The smallest absolute Gasteiger partial charge is 0.313 e. The lowest BCUT2D eigenvalue weighted by Crippen LogP contribution is -1.98. The van der Waals surface area contributed by atoms with E-state index in [1.165, 1.54) is 24.3 Å². The molecule has 0 saturated carbocycles. The topological polar surface area (TPSA) is 78.4 Å². The molecule has 20 heavy (non-hydrogen) atoms. The molecule has 0 unspecified atom stereocenters. The van der Waals surface area contributed by atoms with E-state index in [-0.39, 0.29) is 28.8 Å². The Kier molecular flexibility index (Phi) is 4.16. The molecule has 0 atom stereocenters. The minimum atomic E-state index is -0.645. The zero-order chi connectivity index (χ0) is 14.7. The summed E-state index contributed by atoms with van der Waals surface area (Å²) in [4.78, 5) is 10.3. The highest BCUT2D eigenvalue weighted by atomic mass is 35.5. The van der Waals surface area contributed by atoms with Gasteiger partial charge in [-0.25, -0.2) is 4.39 Å². The number of ether oxygens (including phenoxy) is 1. The van der Waals surface area contributed by atoms with Gasteiger partial charge in [0.25, 0.3) is 0 Å². The van der Waals surface area contributed by atoms with Crippen molar-refractivity contribution in [3.8, 4) is 11.5 Å². The van der Waals surface area contributed by atoms with Crippen LogP contribution in [0.2, 0.25) is 5.02 Å². The lowest BCUT2D eigenvalue weighted by atomic mass is 10.2. The second-order valence-electron chi connectivity index (χ2n) is 3.94. The molecule has 7 heteroatoms. The number of benzene rings is 2. The average molecular weight is 297 g/mol. The molecule has 0 aliphatic heterocycles. The maximum Gasteiger partial charge on any atom is 0.313 e. The van der Waals surface area contributed by atoms with Gasteiger partial charge < -0.3 is 10.5 Å².